The maximum Gasteiger partial charge on any atom is 0.341 e. The molecule has 1 aliphatic rings. The SMILES string of the molecule is CCOC(=O)c1c(NC(=O)CCSc2nc(N)cc(N)n2)sc2c1CCc1ccccc1-2. The average molecular weight is 470 g/mol. The number of nitrogens with one attached hydrogen (secondary N) is 1. The van der Waals surface area contributed by atoms with E-state index in [0.717, 1.165) is 28.8 Å². The van der Waals surface area contributed by atoms with Crippen molar-refractivity contribution in [3.05, 3.63) is 47.0 Å². The lowest BCUT2D eigenvalue weighted by molar-refractivity contribution is -0.115. The fourth-order valence-electron chi connectivity index (χ4n) is 3.60. The number of nitrogens with zero attached hydrogens (tertiary/aromatic N) is 2. The summed E-state index contributed by atoms with van der Waals surface area (Å²) in [6.07, 6.45) is 1.79. The number of hydrogen-bond donors (Lipinski definition) is 3. The van der Waals surface area contributed by atoms with Crippen LogP contribution >= 0.6 is 23.1 Å². The predicted octanol–water partition coefficient (Wildman–Crippen LogP) is 3.77. The Morgan fingerprint density at radius 1 is 1.19 bits per heavy atom. The van der Waals surface area contributed by atoms with Gasteiger partial charge in [-0.15, -0.1) is 11.3 Å². The van der Waals surface area contributed by atoms with Crippen molar-refractivity contribution in [3.63, 3.8) is 0 Å². The van der Waals surface area contributed by atoms with Crippen molar-refractivity contribution < 1.29 is 14.3 Å². The lowest BCUT2D eigenvalue weighted by Crippen LogP contribution is -2.16. The zero-order chi connectivity index (χ0) is 22.7. The number of amides is 1. The van der Waals surface area contributed by atoms with Crippen LogP contribution in [0.3, 0.4) is 0 Å². The van der Waals surface area contributed by atoms with Crippen LogP contribution in [0.4, 0.5) is 16.6 Å². The Bertz CT molecular complexity index is 1160. The monoisotopic (exact) mass is 469 g/mol. The predicted molar refractivity (Wildman–Crippen MR) is 128 cm³/mol. The van der Waals surface area contributed by atoms with E-state index in [2.05, 4.69) is 27.4 Å². The number of anilines is 3. The van der Waals surface area contributed by atoms with Crippen LogP contribution in [0.25, 0.3) is 10.4 Å². The van der Waals surface area contributed by atoms with E-state index in [4.69, 9.17) is 16.2 Å². The summed E-state index contributed by atoms with van der Waals surface area (Å²) in [4.78, 5) is 34.6. The normalized spacial score (nSPS) is 12.0. The molecule has 1 amide bonds. The third kappa shape index (κ3) is 4.71. The van der Waals surface area contributed by atoms with Gasteiger partial charge < -0.3 is 21.5 Å². The molecule has 2 aromatic heterocycles. The lowest BCUT2D eigenvalue weighted by atomic mass is 9.89. The van der Waals surface area contributed by atoms with Crippen LogP contribution in [0.15, 0.2) is 35.5 Å². The number of fused-ring (bicyclic) bond motifs is 3. The highest BCUT2D eigenvalue weighted by Crippen LogP contribution is 2.45. The van der Waals surface area contributed by atoms with Gasteiger partial charge in [-0.05, 0) is 36.5 Å². The molecule has 5 N–H and O–H groups in total. The zero-order valence-corrected chi connectivity index (χ0v) is 19.1. The zero-order valence-electron chi connectivity index (χ0n) is 17.5. The number of rotatable bonds is 7. The van der Waals surface area contributed by atoms with Crippen molar-refractivity contribution in [2.24, 2.45) is 0 Å². The van der Waals surface area contributed by atoms with Crippen molar-refractivity contribution >= 4 is 51.6 Å². The summed E-state index contributed by atoms with van der Waals surface area (Å²) in [6, 6.07) is 9.63. The third-order valence-electron chi connectivity index (χ3n) is 4.95. The van der Waals surface area contributed by atoms with Gasteiger partial charge in [0.2, 0.25) is 5.91 Å². The van der Waals surface area contributed by atoms with Crippen LogP contribution < -0.4 is 16.8 Å². The molecular formula is C22H23N5O3S2. The van der Waals surface area contributed by atoms with E-state index in [1.807, 2.05) is 12.1 Å². The van der Waals surface area contributed by atoms with E-state index in [1.54, 1.807) is 6.92 Å². The van der Waals surface area contributed by atoms with Crippen LogP contribution in [0.5, 0.6) is 0 Å². The summed E-state index contributed by atoms with van der Waals surface area (Å²) in [6.45, 7) is 2.04. The van der Waals surface area contributed by atoms with E-state index in [0.29, 0.717) is 21.5 Å². The molecule has 0 saturated heterocycles. The molecule has 10 heteroatoms. The van der Waals surface area contributed by atoms with E-state index >= 15 is 0 Å². The molecule has 166 valence electrons. The summed E-state index contributed by atoms with van der Waals surface area (Å²) in [7, 11) is 0. The van der Waals surface area contributed by atoms with Crippen molar-refractivity contribution in [3.8, 4) is 10.4 Å². The maximum absolute atomic E-state index is 12.7. The Morgan fingerprint density at radius 2 is 1.94 bits per heavy atom. The fraction of sp³-hybridized carbons (Fsp3) is 0.273. The molecular weight excluding hydrogens is 446 g/mol. The number of benzene rings is 1. The van der Waals surface area contributed by atoms with Gasteiger partial charge in [0.05, 0.1) is 12.2 Å². The molecule has 1 aromatic carbocycles. The number of nitrogen functional groups attached to an aromatic ring is 2. The average Bonchev–Trinajstić information content (AvgIpc) is 3.11. The Morgan fingerprint density at radius 3 is 2.69 bits per heavy atom. The van der Waals surface area contributed by atoms with Gasteiger partial charge in [0.1, 0.15) is 16.6 Å². The number of aromatic nitrogens is 2. The summed E-state index contributed by atoms with van der Waals surface area (Å²) < 4.78 is 5.30. The van der Waals surface area contributed by atoms with Crippen molar-refractivity contribution in [1.82, 2.24) is 9.97 Å². The molecule has 0 fully saturated rings. The van der Waals surface area contributed by atoms with Gasteiger partial charge in [-0.2, -0.15) is 0 Å². The molecule has 0 radical (unpaired) electrons. The third-order valence-corrected chi connectivity index (χ3v) is 6.98. The van der Waals surface area contributed by atoms with Crippen molar-refractivity contribution in [2.45, 2.75) is 31.3 Å². The number of aryl methyl sites for hydroxylation is 1. The molecule has 3 aromatic rings. The highest BCUT2D eigenvalue weighted by Gasteiger charge is 2.29. The first-order valence-corrected chi connectivity index (χ1v) is 12.0. The van der Waals surface area contributed by atoms with E-state index in [9.17, 15) is 9.59 Å². The van der Waals surface area contributed by atoms with Gasteiger partial charge in [-0.1, -0.05) is 36.0 Å². The van der Waals surface area contributed by atoms with Gasteiger partial charge in [0.15, 0.2) is 5.16 Å². The summed E-state index contributed by atoms with van der Waals surface area (Å²) in [5, 5.41) is 3.88. The van der Waals surface area contributed by atoms with Crippen LogP contribution in [0.1, 0.15) is 34.8 Å². The molecule has 0 spiro atoms. The molecule has 4 rings (SSSR count). The molecule has 1 aliphatic carbocycles. The largest absolute Gasteiger partial charge is 0.462 e. The topological polar surface area (TPSA) is 133 Å². The van der Waals surface area contributed by atoms with Gasteiger partial charge >= 0.3 is 5.97 Å². The number of hydrogen-bond acceptors (Lipinski definition) is 9. The second kappa shape index (κ2) is 9.58. The number of thiophene rings is 1. The molecule has 0 bridgehead atoms. The molecule has 2 heterocycles. The van der Waals surface area contributed by atoms with E-state index in [1.165, 1.54) is 34.7 Å². The fourth-order valence-corrected chi connectivity index (χ4v) is 5.72. The van der Waals surface area contributed by atoms with Crippen LogP contribution in [0.2, 0.25) is 0 Å². The first kappa shape index (κ1) is 22.1. The molecule has 0 unspecified atom stereocenters. The Balaban J connectivity index is 1.52. The molecule has 0 aliphatic heterocycles. The van der Waals surface area contributed by atoms with Crippen molar-refractivity contribution in [1.29, 1.82) is 0 Å². The summed E-state index contributed by atoms with van der Waals surface area (Å²) in [5.41, 5.74) is 15.1. The Hall–Kier alpha value is -3.11. The minimum absolute atomic E-state index is 0.202. The number of nitrogens with two attached hydrogens (primary N) is 2. The Labute approximate surface area is 193 Å². The lowest BCUT2D eigenvalue weighted by Gasteiger charge is -2.16. The van der Waals surface area contributed by atoms with Crippen LogP contribution in [-0.2, 0) is 22.4 Å². The number of esters is 1. The van der Waals surface area contributed by atoms with Gasteiger partial charge in [0.25, 0.3) is 0 Å². The first-order chi connectivity index (χ1) is 15.5. The Kier molecular flexibility index (Phi) is 6.61. The smallest absolute Gasteiger partial charge is 0.341 e. The highest BCUT2D eigenvalue weighted by atomic mass is 32.2. The van der Waals surface area contributed by atoms with Gasteiger partial charge in [0, 0.05) is 23.1 Å². The molecule has 8 nitrogen and oxygen atoms in total. The number of ether oxygens (including phenoxy) is 1. The quantitative estimate of drug-likeness (QED) is 0.271. The standard InChI is InChI=1S/C22H23N5O3S2/c1-2-30-21(29)18-14-8-7-12-5-3-4-6-13(12)19(14)32-20(18)27-17(28)9-10-31-22-25-15(23)11-16(24)26-22/h3-6,11H,2,7-10H2,1H3,(H,27,28)(H4,23,24,25,26). The first-order valence-electron chi connectivity index (χ1n) is 10.2. The number of carbonyl (C=O) groups excluding carboxylic acids is 2. The highest BCUT2D eigenvalue weighted by molar-refractivity contribution is 7.99. The minimum Gasteiger partial charge on any atom is -0.462 e. The number of carbonyl (C=O) groups is 2. The van der Waals surface area contributed by atoms with Crippen molar-refractivity contribution in [2.75, 3.05) is 29.1 Å². The number of thioether (sulfide) groups is 1. The van der Waals surface area contributed by atoms with Crippen LogP contribution in [-0.4, -0.2) is 34.2 Å². The summed E-state index contributed by atoms with van der Waals surface area (Å²) >= 11 is 2.72. The minimum atomic E-state index is -0.405. The van der Waals surface area contributed by atoms with Crippen LogP contribution in [0, 0.1) is 0 Å². The van der Waals surface area contributed by atoms with E-state index in [-0.39, 0.29) is 30.6 Å². The second-order valence-electron chi connectivity index (χ2n) is 7.14. The van der Waals surface area contributed by atoms with Gasteiger partial charge in [-0.25, -0.2) is 14.8 Å². The molecule has 32 heavy (non-hydrogen) atoms. The summed E-state index contributed by atoms with van der Waals surface area (Å²) in [5.74, 6) is 0.405. The van der Waals surface area contributed by atoms with Gasteiger partial charge in [-0.3, -0.25) is 4.79 Å². The van der Waals surface area contributed by atoms with E-state index < -0.39 is 5.97 Å². The molecule has 0 saturated carbocycles. The second-order valence-corrected chi connectivity index (χ2v) is 9.22. The maximum atomic E-state index is 12.7. The molecule has 0 atom stereocenters.